The predicted octanol–water partition coefficient (Wildman–Crippen LogP) is 3.25. The Hall–Kier alpha value is -3.04. The molecule has 1 saturated heterocycles. The second-order valence-electron chi connectivity index (χ2n) is 8.73. The summed E-state index contributed by atoms with van der Waals surface area (Å²) < 4.78 is 10.8. The molecule has 1 heterocycles. The minimum Gasteiger partial charge on any atom is -0.479 e. The molecule has 0 saturated carbocycles. The van der Waals surface area contributed by atoms with Crippen LogP contribution in [0.5, 0.6) is 0 Å². The molecular formula is C26H30N2O6S. The Labute approximate surface area is 208 Å². The summed E-state index contributed by atoms with van der Waals surface area (Å²) >= 11 is 1.57. The summed E-state index contributed by atoms with van der Waals surface area (Å²) in [4.78, 5) is 36.8. The van der Waals surface area contributed by atoms with Crippen molar-refractivity contribution in [3.8, 4) is 11.1 Å². The maximum absolute atomic E-state index is 12.8. The predicted molar refractivity (Wildman–Crippen MR) is 133 cm³/mol. The molecule has 3 atom stereocenters. The average molecular weight is 499 g/mol. The van der Waals surface area contributed by atoms with Gasteiger partial charge in [-0.15, -0.1) is 0 Å². The number of rotatable bonds is 10. The smallest absolute Gasteiger partial charge is 0.407 e. The fourth-order valence-electron chi connectivity index (χ4n) is 4.76. The molecule has 2 aromatic carbocycles. The number of carbonyl (C=O) groups is 3. The van der Waals surface area contributed by atoms with Crippen molar-refractivity contribution >= 4 is 29.7 Å². The molecule has 186 valence electrons. The van der Waals surface area contributed by atoms with Gasteiger partial charge in [-0.25, -0.2) is 9.59 Å². The third-order valence-electron chi connectivity index (χ3n) is 6.56. The molecule has 0 radical (unpaired) electrons. The Bertz CT molecular complexity index is 1030. The van der Waals surface area contributed by atoms with E-state index in [4.69, 9.17) is 9.47 Å². The van der Waals surface area contributed by atoms with E-state index in [1.54, 1.807) is 11.8 Å². The Morgan fingerprint density at radius 1 is 1.11 bits per heavy atom. The first-order valence-corrected chi connectivity index (χ1v) is 13.1. The number of ether oxygens (including phenoxy) is 2. The summed E-state index contributed by atoms with van der Waals surface area (Å²) in [6.07, 6.45) is 1.35. The van der Waals surface area contributed by atoms with Crippen molar-refractivity contribution in [2.75, 3.05) is 31.8 Å². The quantitative estimate of drug-likeness (QED) is 0.461. The van der Waals surface area contributed by atoms with Crippen LogP contribution in [-0.2, 0) is 19.1 Å². The van der Waals surface area contributed by atoms with E-state index in [0.29, 0.717) is 25.2 Å². The van der Waals surface area contributed by atoms with Gasteiger partial charge in [-0.2, -0.15) is 11.8 Å². The van der Waals surface area contributed by atoms with E-state index in [2.05, 4.69) is 22.8 Å². The molecule has 1 fully saturated rings. The first-order chi connectivity index (χ1) is 17.0. The van der Waals surface area contributed by atoms with Gasteiger partial charge in [-0.1, -0.05) is 48.5 Å². The molecule has 0 bridgehead atoms. The normalized spacial score (nSPS) is 19.5. The van der Waals surface area contributed by atoms with Crippen LogP contribution in [0, 0.1) is 5.92 Å². The van der Waals surface area contributed by atoms with Gasteiger partial charge >= 0.3 is 12.1 Å². The molecule has 2 aromatic rings. The zero-order valence-corrected chi connectivity index (χ0v) is 20.4. The van der Waals surface area contributed by atoms with Gasteiger partial charge in [0.25, 0.3) is 0 Å². The average Bonchev–Trinajstić information content (AvgIpc) is 3.47. The maximum atomic E-state index is 12.8. The largest absolute Gasteiger partial charge is 0.479 e. The van der Waals surface area contributed by atoms with Crippen LogP contribution < -0.4 is 10.6 Å². The number of benzene rings is 2. The number of aliphatic carboxylic acids is 1. The topological polar surface area (TPSA) is 114 Å². The highest BCUT2D eigenvalue weighted by Gasteiger charge is 2.35. The van der Waals surface area contributed by atoms with E-state index in [1.165, 1.54) is 0 Å². The number of nitrogens with one attached hydrogen (secondary N) is 2. The van der Waals surface area contributed by atoms with Crippen LogP contribution in [0.15, 0.2) is 48.5 Å². The lowest BCUT2D eigenvalue weighted by molar-refractivity contribution is -0.149. The molecule has 0 unspecified atom stereocenters. The third kappa shape index (κ3) is 5.79. The number of carbonyl (C=O) groups excluding carboxylic acids is 2. The number of carboxylic acid groups (broad SMARTS) is 1. The SMILES string of the molecule is CSCC[C@H](NC(=O)OCC1c2ccccc2-c2ccccc21)C(=O)NC[C@H]1CCO[C@H]1C(=O)O. The summed E-state index contributed by atoms with van der Waals surface area (Å²) in [6, 6.07) is 15.4. The molecule has 3 N–H and O–H groups in total. The van der Waals surface area contributed by atoms with E-state index in [0.717, 1.165) is 22.3 Å². The number of alkyl carbamates (subject to hydrolysis) is 1. The Balaban J connectivity index is 1.35. The minimum absolute atomic E-state index is 0.0676. The monoisotopic (exact) mass is 498 g/mol. The van der Waals surface area contributed by atoms with Crippen molar-refractivity contribution in [2.45, 2.75) is 30.9 Å². The number of carboxylic acids is 1. The van der Waals surface area contributed by atoms with Gasteiger partial charge in [0.05, 0.1) is 0 Å². The second kappa shape index (κ2) is 11.6. The van der Waals surface area contributed by atoms with Gasteiger partial charge in [0.15, 0.2) is 6.10 Å². The van der Waals surface area contributed by atoms with Gasteiger partial charge in [-0.05, 0) is 47.1 Å². The molecule has 0 spiro atoms. The van der Waals surface area contributed by atoms with Crippen molar-refractivity contribution in [1.82, 2.24) is 10.6 Å². The maximum Gasteiger partial charge on any atom is 0.407 e. The number of hydrogen-bond donors (Lipinski definition) is 3. The summed E-state index contributed by atoms with van der Waals surface area (Å²) in [7, 11) is 0. The van der Waals surface area contributed by atoms with Crippen LogP contribution in [0.2, 0.25) is 0 Å². The second-order valence-corrected chi connectivity index (χ2v) is 9.71. The fourth-order valence-corrected chi connectivity index (χ4v) is 5.23. The molecular weight excluding hydrogens is 468 g/mol. The first kappa shape index (κ1) is 25.1. The summed E-state index contributed by atoms with van der Waals surface area (Å²) in [5.41, 5.74) is 4.52. The molecule has 1 aliphatic heterocycles. The number of thioether (sulfide) groups is 1. The van der Waals surface area contributed by atoms with E-state index in [1.807, 2.05) is 42.7 Å². The zero-order chi connectivity index (χ0) is 24.8. The van der Waals surface area contributed by atoms with Crippen LogP contribution in [0.4, 0.5) is 4.79 Å². The molecule has 2 aliphatic rings. The molecule has 9 heteroatoms. The van der Waals surface area contributed by atoms with Crippen molar-refractivity contribution in [3.63, 3.8) is 0 Å². The van der Waals surface area contributed by atoms with Gasteiger partial charge in [0.2, 0.25) is 5.91 Å². The molecule has 35 heavy (non-hydrogen) atoms. The van der Waals surface area contributed by atoms with Crippen molar-refractivity contribution in [3.05, 3.63) is 59.7 Å². The lowest BCUT2D eigenvalue weighted by atomic mass is 9.98. The third-order valence-corrected chi connectivity index (χ3v) is 7.20. The summed E-state index contributed by atoms with van der Waals surface area (Å²) in [6.45, 7) is 0.694. The molecule has 4 rings (SSSR count). The Kier molecular flexibility index (Phi) is 8.30. The van der Waals surface area contributed by atoms with Crippen LogP contribution in [0.25, 0.3) is 11.1 Å². The van der Waals surface area contributed by atoms with E-state index < -0.39 is 24.2 Å². The van der Waals surface area contributed by atoms with Gasteiger partial charge in [0.1, 0.15) is 12.6 Å². The van der Waals surface area contributed by atoms with Crippen molar-refractivity contribution in [1.29, 1.82) is 0 Å². The highest BCUT2D eigenvalue weighted by molar-refractivity contribution is 7.98. The summed E-state index contributed by atoms with van der Waals surface area (Å²) in [5, 5.41) is 14.7. The van der Waals surface area contributed by atoms with E-state index in [9.17, 15) is 19.5 Å². The number of fused-ring (bicyclic) bond motifs is 3. The Morgan fingerprint density at radius 2 is 1.77 bits per heavy atom. The highest BCUT2D eigenvalue weighted by Crippen LogP contribution is 2.44. The van der Waals surface area contributed by atoms with E-state index in [-0.39, 0.29) is 30.9 Å². The van der Waals surface area contributed by atoms with Crippen LogP contribution in [0.1, 0.15) is 29.9 Å². The van der Waals surface area contributed by atoms with E-state index >= 15 is 0 Å². The fraction of sp³-hybridized carbons (Fsp3) is 0.423. The highest BCUT2D eigenvalue weighted by atomic mass is 32.2. The molecule has 2 amide bonds. The zero-order valence-electron chi connectivity index (χ0n) is 19.6. The number of amides is 2. The molecule has 8 nitrogen and oxygen atoms in total. The molecule has 1 aliphatic carbocycles. The van der Waals surface area contributed by atoms with Gasteiger partial charge in [-0.3, -0.25) is 4.79 Å². The molecule has 0 aromatic heterocycles. The number of hydrogen-bond acceptors (Lipinski definition) is 6. The minimum atomic E-state index is -1.03. The van der Waals surface area contributed by atoms with Crippen LogP contribution in [0.3, 0.4) is 0 Å². The van der Waals surface area contributed by atoms with Gasteiger partial charge in [0, 0.05) is 25.0 Å². The lowest BCUT2D eigenvalue weighted by Crippen LogP contribution is -2.49. The lowest BCUT2D eigenvalue weighted by Gasteiger charge is -2.21. The van der Waals surface area contributed by atoms with Crippen molar-refractivity contribution < 1.29 is 29.0 Å². The Morgan fingerprint density at radius 3 is 2.40 bits per heavy atom. The van der Waals surface area contributed by atoms with Crippen molar-refractivity contribution in [2.24, 2.45) is 5.92 Å². The van der Waals surface area contributed by atoms with Crippen LogP contribution in [-0.4, -0.2) is 67.0 Å². The summed E-state index contributed by atoms with van der Waals surface area (Å²) in [5.74, 6) is -1.08. The van der Waals surface area contributed by atoms with Crippen LogP contribution >= 0.6 is 11.8 Å². The van der Waals surface area contributed by atoms with Gasteiger partial charge < -0.3 is 25.2 Å². The standard InChI is InChI=1S/C26H30N2O6S/c1-35-13-11-22(24(29)27-14-16-10-12-33-23(16)25(30)31)28-26(32)34-15-21-19-8-4-2-6-17(19)18-7-3-5-9-20(18)21/h2-9,16,21-23H,10-15H2,1H3,(H,27,29)(H,28,32)(H,30,31)/t16-,22+,23-/m1/s1. The first-order valence-electron chi connectivity index (χ1n) is 11.7.